The highest BCUT2D eigenvalue weighted by molar-refractivity contribution is 7.26. The SMILES string of the molecule is c1ccc(C2Nc3ccc4c5ccccc5n(-c5ccc(-c6cccc7c6sc6ccccc67)cc5)c4c3C2(c2ccccc2)c2ccccc2)cc1. The number of hydrogen-bond acceptors (Lipinski definition) is 2. The normalized spacial score (nSPS) is 14.9. The molecule has 10 aromatic rings. The van der Waals surface area contributed by atoms with E-state index in [1.807, 2.05) is 11.3 Å². The molecule has 11 rings (SSSR count). The second-order valence-electron chi connectivity index (χ2n) is 14.1. The predicted octanol–water partition coefficient (Wildman–Crippen LogP) is 13.3. The van der Waals surface area contributed by atoms with E-state index in [4.69, 9.17) is 0 Å². The van der Waals surface area contributed by atoms with E-state index >= 15 is 0 Å². The summed E-state index contributed by atoms with van der Waals surface area (Å²) in [4.78, 5) is 0. The fourth-order valence-electron chi connectivity index (χ4n) is 9.19. The highest BCUT2D eigenvalue weighted by atomic mass is 32.1. The van der Waals surface area contributed by atoms with Crippen LogP contribution in [-0.4, -0.2) is 4.57 Å². The van der Waals surface area contributed by atoms with Crippen molar-refractivity contribution in [2.45, 2.75) is 11.5 Å². The van der Waals surface area contributed by atoms with Gasteiger partial charge < -0.3 is 9.88 Å². The summed E-state index contributed by atoms with van der Waals surface area (Å²) >= 11 is 1.88. The topological polar surface area (TPSA) is 17.0 Å². The van der Waals surface area contributed by atoms with Crippen LogP contribution in [0, 0.1) is 0 Å². The largest absolute Gasteiger partial charge is 0.376 e. The maximum atomic E-state index is 4.10. The zero-order chi connectivity index (χ0) is 34.9. The number of benzene rings is 8. The molecule has 3 heterocycles. The first kappa shape index (κ1) is 30.2. The molecule has 0 fully saturated rings. The Hall–Kier alpha value is -6.42. The van der Waals surface area contributed by atoms with Crippen LogP contribution in [-0.2, 0) is 5.41 Å². The Morgan fingerprint density at radius 2 is 1.11 bits per heavy atom. The second kappa shape index (κ2) is 11.8. The van der Waals surface area contributed by atoms with E-state index in [0.29, 0.717) is 0 Å². The Bertz CT molecular complexity index is 2920. The van der Waals surface area contributed by atoms with Crippen molar-refractivity contribution in [2.24, 2.45) is 0 Å². The van der Waals surface area contributed by atoms with Gasteiger partial charge in [0.2, 0.25) is 0 Å². The van der Waals surface area contributed by atoms with Crippen LogP contribution in [0.5, 0.6) is 0 Å². The number of hydrogen-bond donors (Lipinski definition) is 1. The van der Waals surface area contributed by atoms with Gasteiger partial charge in [-0.2, -0.15) is 0 Å². The smallest absolute Gasteiger partial charge is 0.0735 e. The summed E-state index contributed by atoms with van der Waals surface area (Å²) < 4.78 is 5.18. The van der Waals surface area contributed by atoms with Crippen LogP contribution in [0.4, 0.5) is 5.69 Å². The summed E-state index contributed by atoms with van der Waals surface area (Å²) in [7, 11) is 0. The van der Waals surface area contributed by atoms with Gasteiger partial charge in [-0.25, -0.2) is 0 Å². The summed E-state index contributed by atoms with van der Waals surface area (Å²) in [5.41, 5.74) is 11.8. The van der Waals surface area contributed by atoms with Crippen molar-refractivity contribution in [3.63, 3.8) is 0 Å². The van der Waals surface area contributed by atoms with Crippen molar-refractivity contribution < 1.29 is 0 Å². The minimum atomic E-state index is -0.526. The first-order valence-electron chi connectivity index (χ1n) is 18.3. The minimum absolute atomic E-state index is 0.0373. The molecule has 0 saturated carbocycles. The predicted molar refractivity (Wildman–Crippen MR) is 225 cm³/mol. The van der Waals surface area contributed by atoms with E-state index in [1.165, 1.54) is 75.4 Å². The molecule has 2 nitrogen and oxygen atoms in total. The van der Waals surface area contributed by atoms with Gasteiger partial charge in [0.15, 0.2) is 0 Å². The van der Waals surface area contributed by atoms with Crippen molar-refractivity contribution in [3.05, 3.63) is 216 Å². The lowest BCUT2D eigenvalue weighted by Gasteiger charge is -2.38. The summed E-state index contributed by atoms with van der Waals surface area (Å²) in [6.07, 6.45) is 0. The van der Waals surface area contributed by atoms with Crippen molar-refractivity contribution in [2.75, 3.05) is 5.32 Å². The van der Waals surface area contributed by atoms with E-state index in [9.17, 15) is 0 Å². The first-order valence-corrected chi connectivity index (χ1v) is 19.1. The molecule has 0 bridgehead atoms. The molecule has 2 aromatic heterocycles. The molecule has 0 radical (unpaired) electrons. The molecule has 1 unspecified atom stereocenters. The van der Waals surface area contributed by atoms with Crippen molar-refractivity contribution >= 4 is 59.0 Å². The number of nitrogens with one attached hydrogen (secondary N) is 1. The lowest BCUT2D eigenvalue weighted by molar-refractivity contribution is 0.556. The molecule has 53 heavy (non-hydrogen) atoms. The Morgan fingerprint density at radius 1 is 0.491 bits per heavy atom. The molecule has 8 aromatic carbocycles. The number of para-hydroxylation sites is 1. The van der Waals surface area contributed by atoms with Crippen LogP contribution in [0.15, 0.2) is 194 Å². The zero-order valence-electron chi connectivity index (χ0n) is 28.9. The van der Waals surface area contributed by atoms with Gasteiger partial charge in [-0.3, -0.25) is 0 Å². The summed E-state index contributed by atoms with van der Waals surface area (Å²) in [6.45, 7) is 0. The van der Waals surface area contributed by atoms with Crippen LogP contribution >= 0.6 is 11.3 Å². The molecule has 0 saturated heterocycles. The number of nitrogens with zero attached hydrogens (tertiary/aromatic N) is 1. The molecule has 1 N–H and O–H groups in total. The van der Waals surface area contributed by atoms with Crippen molar-refractivity contribution in [3.8, 4) is 16.8 Å². The van der Waals surface area contributed by atoms with Crippen LogP contribution in [0.25, 0.3) is 58.8 Å². The van der Waals surface area contributed by atoms with Crippen LogP contribution in [0.2, 0.25) is 0 Å². The fraction of sp³-hybridized carbons (Fsp3) is 0.0400. The van der Waals surface area contributed by atoms with Crippen molar-refractivity contribution in [1.82, 2.24) is 4.57 Å². The number of anilines is 1. The van der Waals surface area contributed by atoms with Crippen LogP contribution < -0.4 is 5.32 Å². The van der Waals surface area contributed by atoms with Gasteiger partial charge >= 0.3 is 0 Å². The molecule has 0 aliphatic carbocycles. The molecular formula is C50H34N2S. The third-order valence-corrected chi connectivity index (χ3v) is 12.6. The van der Waals surface area contributed by atoms with Crippen molar-refractivity contribution in [1.29, 1.82) is 0 Å². The number of thiophene rings is 1. The van der Waals surface area contributed by atoms with E-state index in [0.717, 1.165) is 11.4 Å². The van der Waals surface area contributed by atoms with Gasteiger partial charge in [0.25, 0.3) is 0 Å². The fourth-order valence-corrected chi connectivity index (χ4v) is 10.4. The van der Waals surface area contributed by atoms with Crippen LogP contribution in [0.3, 0.4) is 0 Å². The number of aromatic nitrogens is 1. The van der Waals surface area contributed by atoms with Gasteiger partial charge in [0, 0.05) is 47.9 Å². The molecule has 1 atom stereocenters. The van der Waals surface area contributed by atoms with Gasteiger partial charge in [-0.15, -0.1) is 11.3 Å². The molecular weight excluding hydrogens is 661 g/mol. The Labute approximate surface area is 312 Å². The monoisotopic (exact) mass is 694 g/mol. The Morgan fingerprint density at radius 3 is 1.85 bits per heavy atom. The zero-order valence-corrected chi connectivity index (χ0v) is 29.7. The lowest BCUT2D eigenvalue weighted by atomic mass is 9.64. The second-order valence-corrected chi connectivity index (χ2v) is 15.1. The van der Waals surface area contributed by atoms with E-state index < -0.39 is 5.41 Å². The van der Waals surface area contributed by atoms with Crippen LogP contribution in [0.1, 0.15) is 28.3 Å². The molecule has 0 amide bonds. The highest BCUT2D eigenvalue weighted by Crippen LogP contribution is 2.59. The van der Waals surface area contributed by atoms with Gasteiger partial charge in [-0.1, -0.05) is 164 Å². The molecule has 1 aliphatic rings. The van der Waals surface area contributed by atoms with Gasteiger partial charge in [0.1, 0.15) is 0 Å². The van der Waals surface area contributed by atoms with Gasteiger partial charge in [-0.05, 0) is 58.1 Å². The number of fused-ring (bicyclic) bond motifs is 8. The van der Waals surface area contributed by atoms with Gasteiger partial charge in [0.05, 0.1) is 22.5 Å². The number of rotatable bonds is 5. The average molecular weight is 695 g/mol. The molecule has 1 aliphatic heterocycles. The molecule has 250 valence electrons. The minimum Gasteiger partial charge on any atom is -0.376 e. The first-order chi connectivity index (χ1) is 26.3. The maximum Gasteiger partial charge on any atom is 0.0735 e. The molecule has 3 heteroatoms. The lowest BCUT2D eigenvalue weighted by Crippen LogP contribution is -2.35. The summed E-state index contributed by atoms with van der Waals surface area (Å²) in [6, 6.07) is 71.4. The highest BCUT2D eigenvalue weighted by Gasteiger charge is 2.52. The molecule has 0 spiro atoms. The quantitative estimate of drug-likeness (QED) is 0.190. The standard InChI is InChI=1S/C50H34N2S/c1-4-15-34(16-5-1)49-50(35-17-6-2-7-18-35,36-19-8-3-9-20-36)46-43(51-49)32-31-41-39-21-10-12-25-44(39)52(47(41)46)37-29-27-33(28-30-37)38-23-14-24-42-40-22-11-13-26-45(40)53-48(38)42/h1-32,49,51H. The third kappa shape index (κ3) is 4.38. The summed E-state index contributed by atoms with van der Waals surface area (Å²) in [5.74, 6) is 0. The Kier molecular flexibility index (Phi) is 6.74. The Balaban J connectivity index is 1.20. The third-order valence-electron chi connectivity index (χ3n) is 11.4. The maximum absolute atomic E-state index is 4.10. The average Bonchev–Trinajstić information content (AvgIpc) is 3.90. The van der Waals surface area contributed by atoms with E-state index in [1.54, 1.807) is 0 Å². The van der Waals surface area contributed by atoms with E-state index in [-0.39, 0.29) is 6.04 Å². The van der Waals surface area contributed by atoms with E-state index in [2.05, 4.69) is 204 Å². The summed E-state index contributed by atoms with van der Waals surface area (Å²) in [5, 5.41) is 9.26.